The summed E-state index contributed by atoms with van der Waals surface area (Å²) in [6.07, 6.45) is 5.32. The Morgan fingerprint density at radius 2 is 1.95 bits per heavy atom. The number of rotatable bonds is 1. The standard InChI is InChI=1S/C16H17N3O3/c20-15-12(17-16(18-15)19-6-2-1-3-7-19)8-11-4-5-13-14(9-11)22-10-21-13/h4-5,8-9H,1-3,6-7,10H2,(H,17,18,20). The van der Waals surface area contributed by atoms with E-state index in [0.717, 1.165) is 37.2 Å². The summed E-state index contributed by atoms with van der Waals surface area (Å²) in [6.45, 7) is 2.15. The lowest BCUT2D eigenvalue weighted by Crippen LogP contribution is -2.43. The summed E-state index contributed by atoms with van der Waals surface area (Å²) in [5, 5.41) is 2.86. The van der Waals surface area contributed by atoms with Crippen molar-refractivity contribution in [2.75, 3.05) is 19.9 Å². The van der Waals surface area contributed by atoms with Gasteiger partial charge < -0.3 is 14.4 Å². The van der Waals surface area contributed by atoms with Gasteiger partial charge in [0.2, 0.25) is 12.8 Å². The van der Waals surface area contributed by atoms with E-state index in [4.69, 9.17) is 9.47 Å². The molecule has 1 saturated heterocycles. The zero-order valence-corrected chi connectivity index (χ0v) is 12.2. The summed E-state index contributed by atoms with van der Waals surface area (Å²) in [7, 11) is 0. The fraction of sp³-hybridized carbons (Fsp3) is 0.375. The SMILES string of the molecule is O=C1NC(N2CCCCC2)=NC1=Cc1ccc2c(c1)OCO2. The van der Waals surface area contributed by atoms with E-state index in [1.807, 2.05) is 18.2 Å². The molecular weight excluding hydrogens is 282 g/mol. The maximum atomic E-state index is 12.1. The first kappa shape index (κ1) is 13.2. The second-order valence-electron chi connectivity index (χ2n) is 5.58. The zero-order valence-electron chi connectivity index (χ0n) is 12.2. The molecule has 0 radical (unpaired) electrons. The molecule has 1 N–H and O–H groups in total. The minimum absolute atomic E-state index is 0.154. The summed E-state index contributed by atoms with van der Waals surface area (Å²) in [5.41, 5.74) is 1.30. The number of nitrogens with zero attached hydrogens (tertiary/aromatic N) is 2. The summed E-state index contributed by atoms with van der Waals surface area (Å²) in [5.74, 6) is 1.96. The van der Waals surface area contributed by atoms with Crippen LogP contribution in [0.1, 0.15) is 24.8 Å². The number of nitrogens with one attached hydrogen (secondary N) is 1. The predicted molar refractivity (Wildman–Crippen MR) is 81.5 cm³/mol. The minimum Gasteiger partial charge on any atom is -0.454 e. The van der Waals surface area contributed by atoms with E-state index in [-0.39, 0.29) is 12.7 Å². The molecule has 1 aromatic carbocycles. The number of guanidine groups is 1. The predicted octanol–water partition coefficient (Wildman–Crippen LogP) is 1.73. The van der Waals surface area contributed by atoms with E-state index in [9.17, 15) is 4.79 Å². The second-order valence-corrected chi connectivity index (χ2v) is 5.58. The molecule has 1 amide bonds. The Morgan fingerprint density at radius 1 is 1.14 bits per heavy atom. The van der Waals surface area contributed by atoms with Crippen molar-refractivity contribution in [2.24, 2.45) is 4.99 Å². The molecule has 3 heterocycles. The van der Waals surface area contributed by atoms with Crippen LogP contribution in [0.2, 0.25) is 0 Å². The molecule has 1 fully saturated rings. The maximum absolute atomic E-state index is 12.1. The van der Waals surface area contributed by atoms with E-state index in [0.29, 0.717) is 17.4 Å². The van der Waals surface area contributed by atoms with E-state index in [1.165, 1.54) is 6.42 Å². The third-order valence-corrected chi connectivity index (χ3v) is 4.04. The number of hydrogen-bond acceptors (Lipinski definition) is 5. The number of piperidine rings is 1. The van der Waals surface area contributed by atoms with Gasteiger partial charge in [0.15, 0.2) is 11.5 Å². The van der Waals surface area contributed by atoms with Crippen LogP contribution >= 0.6 is 0 Å². The number of hydrogen-bond donors (Lipinski definition) is 1. The van der Waals surface area contributed by atoms with Gasteiger partial charge in [-0.3, -0.25) is 10.1 Å². The third-order valence-electron chi connectivity index (χ3n) is 4.04. The molecule has 3 aliphatic rings. The molecule has 0 aromatic heterocycles. The lowest BCUT2D eigenvalue weighted by atomic mass is 10.1. The lowest BCUT2D eigenvalue weighted by Gasteiger charge is -2.27. The monoisotopic (exact) mass is 299 g/mol. The average Bonchev–Trinajstić information content (AvgIpc) is 3.15. The van der Waals surface area contributed by atoms with Crippen LogP contribution in [0.5, 0.6) is 11.5 Å². The van der Waals surface area contributed by atoms with Crippen molar-refractivity contribution in [3.05, 3.63) is 29.5 Å². The molecule has 0 unspecified atom stereocenters. The molecule has 22 heavy (non-hydrogen) atoms. The average molecular weight is 299 g/mol. The Bertz CT molecular complexity index is 675. The second kappa shape index (κ2) is 5.36. The molecule has 114 valence electrons. The van der Waals surface area contributed by atoms with E-state index in [2.05, 4.69) is 15.2 Å². The zero-order chi connectivity index (χ0) is 14.9. The molecule has 4 rings (SSSR count). The Hall–Kier alpha value is -2.50. The smallest absolute Gasteiger partial charge is 0.276 e. The molecule has 0 saturated carbocycles. The van der Waals surface area contributed by atoms with Crippen molar-refractivity contribution in [3.63, 3.8) is 0 Å². The first-order valence-electron chi connectivity index (χ1n) is 7.56. The third kappa shape index (κ3) is 2.41. The minimum atomic E-state index is -0.154. The van der Waals surface area contributed by atoms with E-state index >= 15 is 0 Å². The summed E-state index contributed by atoms with van der Waals surface area (Å²) in [6, 6.07) is 5.59. The van der Waals surface area contributed by atoms with Crippen LogP contribution in [0.3, 0.4) is 0 Å². The highest BCUT2D eigenvalue weighted by Gasteiger charge is 2.25. The molecule has 1 aromatic rings. The van der Waals surface area contributed by atoms with Gasteiger partial charge in [-0.1, -0.05) is 6.07 Å². The van der Waals surface area contributed by atoms with Crippen molar-refractivity contribution >= 4 is 17.9 Å². The number of likely N-dealkylation sites (tertiary alicyclic amines) is 1. The van der Waals surface area contributed by atoms with Crippen molar-refractivity contribution in [1.82, 2.24) is 10.2 Å². The van der Waals surface area contributed by atoms with Crippen molar-refractivity contribution < 1.29 is 14.3 Å². The van der Waals surface area contributed by atoms with Gasteiger partial charge in [0.1, 0.15) is 5.70 Å². The molecule has 0 spiro atoms. The van der Waals surface area contributed by atoms with Gasteiger partial charge in [-0.25, -0.2) is 4.99 Å². The molecule has 6 heteroatoms. The van der Waals surface area contributed by atoms with Crippen LogP contribution in [-0.4, -0.2) is 36.6 Å². The van der Waals surface area contributed by atoms with Gasteiger partial charge in [0.25, 0.3) is 5.91 Å². The molecule has 0 bridgehead atoms. The lowest BCUT2D eigenvalue weighted by molar-refractivity contribution is -0.115. The van der Waals surface area contributed by atoms with Gasteiger partial charge in [0.05, 0.1) is 0 Å². The Balaban J connectivity index is 1.58. The van der Waals surface area contributed by atoms with Crippen LogP contribution in [0.25, 0.3) is 6.08 Å². The van der Waals surface area contributed by atoms with Crippen LogP contribution in [0.4, 0.5) is 0 Å². The Morgan fingerprint density at radius 3 is 2.82 bits per heavy atom. The van der Waals surface area contributed by atoms with Crippen LogP contribution in [0, 0.1) is 0 Å². The highest BCUT2D eigenvalue weighted by molar-refractivity contribution is 6.13. The van der Waals surface area contributed by atoms with Gasteiger partial charge in [0, 0.05) is 13.1 Å². The first-order valence-corrected chi connectivity index (χ1v) is 7.56. The Labute approximate surface area is 128 Å². The summed E-state index contributed by atoms with van der Waals surface area (Å²) in [4.78, 5) is 18.7. The number of ether oxygens (including phenoxy) is 2. The van der Waals surface area contributed by atoms with E-state index in [1.54, 1.807) is 6.08 Å². The number of carbonyl (C=O) groups is 1. The van der Waals surface area contributed by atoms with Gasteiger partial charge in [-0.15, -0.1) is 0 Å². The fourth-order valence-corrected chi connectivity index (χ4v) is 2.87. The molecular formula is C16H17N3O3. The maximum Gasteiger partial charge on any atom is 0.276 e. The largest absolute Gasteiger partial charge is 0.454 e. The van der Waals surface area contributed by atoms with Crippen LogP contribution in [-0.2, 0) is 4.79 Å². The highest BCUT2D eigenvalue weighted by Crippen LogP contribution is 2.33. The topological polar surface area (TPSA) is 63.2 Å². The van der Waals surface area contributed by atoms with Crippen molar-refractivity contribution in [2.45, 2.75) is 19.3 Å². The number of carbonyl (C=O) groups excluding carboxylic acids is 1. The van der Waals surface area contributed by atoms with E-state index < -0.39 is 0 Å². The highest BCUT2D eigenvalue weighted by atomic mass is 16.7. The number of fused-ring (bicyclic) bond motifs is 1. The van der Waals surface area contributed by atoms with Crippen molar-refractivity contribution in [3.8, 4) is 11.5 Å². The van der Waals surface area contributed by atoms with Gasteiger partial charge in [-0.2, -0.15) is 0 Å². The van der Waals surface area contributed by atoms with Crippen molar-refractivity contribution in [1.29, 1.82) is 0 Å². The summed E-state index contributed by atoms with van der Waals surface area (Å²) >= 11 is 0. The molecule has 3 aliphatic heterocycles. The molecule has 0 aliphatic carbocycles. The van der Waals surface area contributed by atoms with Crippen LogP contribution in [0.15, 0.2) is 28.9 Å². The summed E-state index contributed by atoms with van der Waals surface area (Å²) < 4.78 is 10.6. The first-order chi connectivity index (χ1) is 10.8. The van der Waals surface area contributed by atoms with Crippen LogP contribution < -0.4 is 14.8 Å². The number of benzene rings is 1. The number of aliphatic imine (C=N–C) groups is 1. The van der Waals surface area contributed by atoms with Gasteiger partial charge in [-0.05, 0) is 43.0 Å². The fourth-order valence-electron chi connectivity index (χ4n) is 2.87. The quantitative estimate of drug-likeness (QED) is 0.802. The normalized spacial score (nSPS) is 22.0. The molecule has 6 nitrogen and oxygen atoms in total. The molecule has 0 atom stereocenters. The Kier molecular flexibility index (Phi) is 3.21. The number of amides is 1. The van der Waals surface area contributed by atoms with Gasteiger partial charge >= 0.3 is 0 Å².